The fourth-order valence-corrected chi connectivity index (χ4v) is 4.61. The molecular weight excluding hydrogens is 503 g/mol. The van der Waals surface area contributed by atoms with Crippen LogP contribution in [0.25, 0.3) is 17.1 Å². The summed E-state index contributed by atoms with van der Waals surface area (Å²) in [7, 11) is 1.92. The molecule has 5 rings (SSSR count). The van der Waals surface area contributed by atoms with Gasteiger partial charge in [0.25, 0.3) is 11.6 Å². The third-order valence-corrected chi connectivity index (χ3v) is 7.01. The normalized spacial score (nSPS) is 13.8. The van der Waals surface area contributed by atoms with Crippen LogP contribution in [-0.2, 0) is 7.05 Å². The van der Waals surface area contributed by atoms with Crippen LogP contribution in [0.5, 0.6) is 0 Å². The summed E-state index contributed by atoms with van der Waals surface area (Å²) >= 11 is 12.4. The molecule has 2 aromatic heterocycles. The van der Waals surface area contributed by atoms with Gasteiger partial charge in [0.2, 0.25) is 0 Å². The Labute approximate surface area is 217 Å². The Balaban J connectivity index is 1.41. The van der Waals surface area contributed by atoms with E-state index < -0.39 is 4.92 Å². The summed E-state index contributed by atoms with van der Waals surface area (Å²) in [5.74, 6) is -0.141. The van der Waals surface area contributed by atoms with Gasteiger partial charge < -0.3 is 14.4 Å². The largest absolute Gasteiger partial charge is 0.368 e. The number of benzene rings is 2. The number of aromatic nitrogens is 3. The van der Waals surface area contributed by atoms with Gasteiger partial charge in [0.15, 0.2) is 0 Å². The highest BCUT2D eigenvalue weighted by atomic mass is 35.5. The van der Waals surface area contributed by atoms with Crippen molar-refractivity contribution in [2.24, 2.45) is 7.05 Å². The van der Waals surface area contributed by atoms with Gasteiger partial charge in [0, 0.05) is 57.2 Å². The summed E-state index contributed by atoms with van der Waals surface area (Å²) in [6, 6.07) is 17.3. The highest BCUT2D eigenvalue weighted by Gasteiger charge is 2.27. The number of nitrogens with zero attached hydrogens (tertiary/aromatic N) is 6. The number of nitro groups is 1. The molecule has 11 heteroatoms. The van der Waals surface area contributed by atoms with E-state index in [0.29, 0.717) is 53.3 Å². The van der Waals surface area contributed by atoms with Crippen LogP contribution < -0.4 is 4.90 Å². The quantitative estimate of drug-likeness (QED) is 0.269. The number of non-ortho nitro benzene ring substituents is 1. The monoisotopic (exact) mass is 524 g/mol. The number of carbonyl (C=O) groups is 1. The number of piperazine rings is 1. The second-order valence-electron chi connectivity index (χ2n) is 8.48. The van der Waals surface area contributed by atoms with E-state index in [9.17, 15) is 14.9 Å². The molecule has 0 radical (unpaired) electrons. The Morgan fingerprint density at radius 3 is 2.25 bits per heavy atom. The zero-order chi connectivity index (χ0) is 25.4. The molecule has 4 aromatic rings. The van der Waals surface area contributed by atoms with Crippen molar-refractivity contribution in [3.8, 4) is 17.1 Å². The van der Waals surface area contributed by atoms with Gasteiger partial charge in [-0.2, -0.15) is 5.10 Å². The van der Waals surface area contributed by atoms with Gasteiger partial charge in [-0.05, 0) is 48.5 Å². The van der Waals surface area contributed by atoms with Gasteiger partial charge in [-0.3, -0.25) is 14.9 Å². The van der Waals surface area contributed by atoms with Crippen molar-refractivity contribution in [3.05, 3.63) is 92.7 Å². The summed E-state index contributed by atoms with van der Waals surface area (Å²) in [5.41, 5.74) is 3.55. The predicted octanol–water partition coefficient (Wildman–Crippen LogP) is 5.06. The van der Waals surface area contributed by atoms with Gasteiger partial charge in [-0.1, -0.05) is 23.2 Å². The van der Waals surface area contributed by atoms with E-state index in [-0.39, 0.29) is 11.6 Å². The zero-order valence-electron chi connectivity index (χ0n) is 19.3. The third kappa shape index (κ3) is 4.55. The SMILES string of the molecule is Cn1cccc1-c1cc(C(=O)N2CCN(c3ccc([N+](=O)[O-])cc3)CC2)n(-c2ccc(Cl)c(Cl)c2)n1. The smallest absolute Gasteiger partial charge is 0.272 e. The first-order valence-corrected chi connectivity index (χ1v) is 12.0. The number of hydrogen-bond acceptors (Lipinski definition) is 5. The van der Waals surface area contributed by atoms with Crippen LogP contribution in [0.2, 0.25) is 10.0 Å². The topological polar surface area (TPSA) is 89.4 Å². The van der Waals surface area contributed by atoms with E-state index >= 15 is 0 Å². The molecule has 36 heavy (non-hydrogen) atoms. The predicted molar refractivity (Wildman–Crippen MR) is 139 cm³/mol. The molecule has 3 heterocycles. The number of rotatable bonds is 5. The van der Waals surface area contributed by atoms with Crippen LogP contribution in [0.3, 0.4) is 0 Å². The summed E-state index contributed by atoms with van der Waals surface area (Å²) < 4.78 is 3.55. The molecule has 0 N–H and O–H groups in total. The first kappa shape index (κ1) is 23.9. The molecule has 1 fully saturated rings. The van der Waals surface area contributed by atoms with E-state index in [1.165, 1.54) is 12.1 Å². The molecule has 0 unspecified atom stereocenters. The van der Waals surface area contributed by atoms with Crippen molar-refractivity contribution in [3.63, 3.8) is 0 Å². The van der Waals surface area contributed by atoms with Crippen molar-refractivity contribution in [1.29, 1.82) is 0 Å². The molecule has 184 valence electrons. The zero-order valence-corrected chi connectivity index (χ0v) is 20.9. The highest BCUT2D eigenvalue weighted by molar-refractivity contribution is 6.42. The lowest BCUT2D eigenvalue weighted by Gasteiger charge is -2.36. The summed E-state index contributed by atoms with van der Waals surface area (Å²) in [6.07, 6.45) is 1.92. The lowest BCUT2D eigenvalue weighted by molar-refractivity contribution is -0.384. The lowest BCUT2D eigenvalue weighted by atomic mass is 10.2. The first-order valence-electron chi connectivity index (χ1n) is 11.3. The first-order chi connectivity index (χ1) is 17.3. The van der Waals surface area contributed by atoms with Gasteiger partial charge in [-0.25, -0.2) is 4.68 Å². The molecule has 1 amide bonds. The average molecular weight is 525 g/mol. The Hall–Kier alpha value is -3.82. The molecular formula is C25H22Cl2N6O3. The van der Waals surface area contributed by atoms with Gasteiger partial charge >= 0.3 is 0 Å². The minimum Gasteiger partial charge on any atom is -0.368 e. The Bertz CT molecular complexity index is 1440. The van der Waals surface area contributed by atoms with Crippen LogP contribution in [0.1, 0.15) is 10.5 Å². The van der Waals surface area contributed by atoms with E-state index in [1.807, 2.05) is 29.9 Å². The summed E-state index contributed by atoms with van der Waals surface area (Å²) in [6.45, 7) is 2.22. The highest BCUT2D eigenvalue weighted by Crippen LogP contribution is 2.28. The number of hydrogen-bond donors (Lipinski definition) is 0. The maximum absolute atomic E-state index is 13.7. The third-order valence-electron chi connectivity index (χ3n) is 6.27. The molecule has 0 spiro atoms. The minimum atomic E-state index is -0.416. The number of aryl methyl sites for hydroxylation is 1. The Kier molecular flexibility index (Phi) is 6.42. The average Bonchev–Trinajstić information content (AvgIpc) is 3.52. The van der Waals surface area contributed by atoms with Gasteiger partial charge in [0.05, 0.1) is 26.3 Å². The number of anilines is 1. The number of amides is 1. The maximum atomic E-state index is 13.7. The maximum Gasteiger partial charge on any atom is 0.272 e. The molecule has 0 saturated carbocycles. The number of nitro benzene ring substituents is 1. The van der Waals surface area contributed by atoms with Crippen LogP contribution >= 0.6 is 23.2 Å². The van der Waals surface area contributed by atoms with Crippen molar-refractivity contribution < 1.29 is 9.72 Å². The molecule has 2 aromatic carbocycles. The second-order valence-corrected chi connectivity index (χ2v) is 9.30. The van der Waals surface area contributed by atoms with Crippen molar-refractivity contribution in [1.82, 2.24) is 19.2 Å². The van der Waals surface area contributed by atoms with E-state index in [0.717, 1.165) is 11.4 Å². The standard InChI is InChI=1S/C25H22Cl2N6O3/c1-29-10-2-3-23(29)22-16-24(32(28-22)19-8-9-20(26)21(27)15-19)25(34)31-13-11-30(12-14-31)17-4-6-18(7-5-17)33(35)36/h2-10,15-16H,11-14H2,1H3. The summed E-state index contributed by atoms with van der Waals surface area (Å²) in [4.78, 5) is 28.1. The molecule has 1 saturated heterocycles. The van der Waals surface area contributed by atoms with E-state index in [1.54, 1.807) is 46.0 Å². The van der Waals surface area contributed by atoms with Gasteiger partial charge in [-0.15, -0.1) is 0 Å². The minimum absolute atomic E-state index is 0.0529. The van der Waals surface area contributed by atoms with Crippen LogP contribution in [-0.4, -0.2) is 56.3 Å². The lowest BCUT2D eigenvalue weighted by Crippen LogP contribution is -2.49. The van der Waals surface area contributed by atoms with Crippen molar-refractivity contribution in [2.75, 3.05) is 31.1 Å². The molecule has 1 aliphatic rings. The van der Waals surface area contributed by atoms with Crippen LogP contribution in [0.15, 0.2) is 66.9 Å². The fourth-order valence-electron chi connectivity index (χ4n) is 4.31. The van der Waals surface area contributed by atoms with Gasteiger partial charge in [0.1, 0.15) is 11.4 Å². The Morgan fingerprint density at radius 2 is 1.64 bits per heavy atom. The van der Waals surface area contributed by atoms with E-state index in [2.05, 4.69) is 4.90 Å². The van der Waals surface area contributed by atoms with Crippen LogP contribution in [0, 0.1) is 10.1 Å². The van der Waals surface area contributed by atoms with Crippen LogP contribution in [0.4, 0.5) is 11.4 Å². The molecule has 9 nitrogen and oxygen atoms in total. The molecule has 0 aliphatic carbocycles. The second kappa shape index (κ2) is 9.67. The fraction of sp³-hybridized carbons (Fsp3) is 0.200. The summed E-state index contributed by atoms with van der Waals surface area (Å²) in [5, 5.41) is 16.5. The van der Waals surface area contributed by atoms with E-state index in [4.69, 9.17) is 28.3 Å². The molecule has 0 bridgehead atoms. The van der Waals surface area contributed by atoms with Crippen molar-refractivity contribution >= 4 is 40.5 Å². The van der Waals surface area contributed by atoms with Crippen molar-refractivity contribution in [2.45, 2.75) is 0 Å². The molecule has 0 atom stereocenters. The number of carbonyl (C=O) groups excluding carboxylic acids is 1. The Morgan fingerprint density at radius 1 is 0.944 bits per heavy atom. The number of halogens is 2. The molecule has 1 aliphatic heterocycles.